The molecule has 0 fully saturated rings. The first-order chi connectivity index (χ1) is 9.69. The smallest absolute Gasteiger partial charge is 0.0998 e. The summed E-state index contributed by atoms with van der Waals surface area (Å²) in [4.78, 5) is 0. The van der Waals surface area contributed by atoms with Crippen LogP contribution in [0, 0.1) is 25.2 Å². The Hall–Kier alpha value is -2.59. The number of rotatable bonds is 1. The lowest BCUT2D eigenvalue weighted by molar-refractivity contribution is 1.38. The van der Waals surface area contributed by atoms with Crippen molar-refractivity contribution < 1.29 is 0 Å². The maximum atomic E-state index is 9.15. The predicted octanol–water partition coefficient (Wildman–Crippen LogP) is 5.00. The molecule has 1 heteroatoms. The quantitative estimate of drug-likeness (QED) is 0.602. The van der Waals surface area contributed by atoms with Gasteiger partial charge in [-0.1, -0.05) is 48.0 Å². The van der Waals surface area contributed by atoms with Gasteiger partial charge in [-0.2, -0.15) is 5.26 Å². The van der Waals surface area contributed by atoms with Gasteiger partial charge in [0, 0.05) is 0 Å². The van der Waals surface area contributed by atoms with Gasteiger partial charge in [0.05, 0.1) is 11.6 Å². The van der Waals surface area contributed by atoms with Crippen molar-refractivity contribution in [3.05, 3.63) is 71.3 Å². The molecule has 0 heterocycles. The highest BCUT2D eigenvalue weighted by Gasteiger charge is 2.05. The second kappa shape index (κ2) is 4.83. The van der Waals surface area contributed by atoms with Gasteiger partial charge in [-0.15, -0.1) is 0 Å². The molecule has 0 saturated carbocycles. The minimum atomic E-state index is 0.731. The Balaban J connectivity index is 2.21. The fourth-order valence-corrected chi connectivity index (χ4v) is 2.69. The van der Waals surface area contributed by atoms with Gasteiger partial charge < -0.3 is 0 Å². The maximum Gasteiger partial charge on any atom is 0.0998 e. The molecule has 0 aromatic heterocycles. The third kappa shape index (κ3) is 2.06. The van der Waals surface area contributed by atoms with E-state index in [-0.39, 0.29) is 0 Å². The summed E-state index contributed by atoms with van der Waals surface area (Å²) in [5.74, 6) is 0. The van der Waals surface area contributed by atoms with Gasteiger partial charge in [0.25, 0.3) is 0 Å². The van der Waals surface area contributed by atoms with E-state index >= 15 is 0 Å². The van der Waals surface area contributed by atoms with E-state index < -0.39 is 0 Å². The summed E-state index contributed by atoms with van der Waals surface area (Å²) in [6.07, 6.45) is 0. The predicted molar refractivity (Wildman–Crippen MR) is 83.6 cm³/mol. The van der Waals surface area contributed by atoms with E-state index in [1.165, 1.54) is 22.3 Å². The van der Waals surface area contributed by atoms with Crippen LogP contribution >= 0.6 is 0 Å². The molecule has 20 heavy (non-hydrogen) atoms. The highest BCUT2D eigenvalue weighted by Crippen LogP contribution is 2.28. The largest absolute Gasteiger partial charge is 0.192 e. The summed E-state index contributed by atoms with van der Waals surface area (Å²) in [6, 6.07) is 20.9. The molecule has 1 nitrogen and oxygen atoms in total. The first-order valence-corrected chi connectivity index (χ1v) is 6.69. The van der Waals surface area contributed by atoms with E-state index in [4.69, 9.17) is 5.26 Å². The molecule has 96 valence electrons. The molecule has 3 rings (SSSR count). The van der Waals surface area contributed by atoms with Crippen LogP contribution in [0.4, 0.5) is 0 Å². The highest BCUT2D eigenvalue weighted by atomic mass is 14.2. The van der Waals surface area contributed by atoms with Gasteiger partial charge in [0.15, 0.2) is 0 Å². The number of hydrogen-bond donors (Lipinski definition) is 0. The summed E-state index contributed by atoms with van der Waals surface area (Å²) in [5, 5.41) is 11.3. The average molecular weight is 257 g/mol. The molecular weight excluding hydrogens is 242 g/mol. The molecule has 0 saturated heterocycles. The van der Waals surface area contributed by atoms with E-state index in [1.807, 2.05) is 18.2 Å². The van der Waals surface area contributed by atoms with Gasteiger partial charge in [-0.25, -0.2) is 0 Å². The van der Waals surface area contributed by atoms with Crippen LogP contribution in [0.2, 0.25) is 0 Å². The third-order valence-electron chi connectivity index (χ3n) is 3.69. The fraction of sp³-hybridized carbons (Fsp3) is 0.105. The van der Waals surface area contributed by atoms with Gasteiger partial charge in [0.2, 0.25) is 0 Å². The highest BCUT2D eigenvalue weighted by molar-refractivity contribution is 5.91. The molecule has 0 aliphatic carbocycles. The van der Waals surface area contributed by atoms with E-state index in [0.29, 0.717) is 0 Å². The molecule has 3 aromatic rings. The SMILES string of the molecule is Cc1ccc(-c2ccc3c(C#N)cccc3c2)c(C)c1. The molecule has 0 N–H and O–H groups in total. The molecule has 0 aliphatic heterocycles. The van der Waals surface area contributed by atoms with Crippen molar-refractivity contribution in [3.63, 3.8) is 0 Å². The summed E-state index contributed by atoms with van der Waals surface area (Å²) in [7, 11) is 0. The topological polar surface area (TPSA) is 23.8 Å². The van der Waals surface area contributed by atoms with Crippen LogP contribution in [0.15, 0.2) is 54.6 Å². The Bertz CT molecular complexity index is 838. The summed E-state index contributed by atoms with van der Waals surface area (Å²) in [6.45, 7) is 4.24. The summed E-state index contributed by atoms with van der Waals surface area (Å²) >= 11 is 0. The second-order valence-electron chi connectivity index (χ2n) is 5.17. The third-order valence-corrected chi connectivity index (χ3v) is 3.69. The number of aryl methyl sites for hydroxylation is 2. The molecule has 0 radical (unpaired) electrons. The van der Waals surface area contributed by atoms with Crippen molar-refractivity contribution in [2.75, 3.05) is 0 Å². The molecule has 0 bridgehead atoms. The van der Waals surface area contributed by atoms with Crippen molar-refractivity contribution in [3.8, 4) is 17.2 Å². The van der Waals surface area contributed by atoms with Gasteiger partial charge in [-0.05, 0) is 53.4 Å². The van der Waals surface area contributed by atoms with Gasteiger partial charge in [-0.3, -0.25) is 0 Å². The zero-order valence-corrected chi connectivity index (χ0v) is 11.6. The fourth-order valence-electron chi connectivity index (χ4n) is 2.69. The number of fused-ring (bicyclic) bond motifs is 1. The lowest BCUT2D eigenvalue weighted by Gasteiger charge is -2.09. The Labute approximate surface area is 119 Å². The summed E-state index contributed by atoms with van der Waals surface area (Å²) < 4.78 is 0. The van der Waals surface area contributed by atoms with Crippen LogP contribution < -0.4 is 0 Å². The number of nitriles is 1. The van der Waals surface area contributed by atoms with Crippen LogP contribution in [0.25, 0.3) is 21.9 Å². The normalized spacial score (nSPS) is 10.4. The zero-order chi connectivity index (χ0) is 14.1. The van der Waals surface area contributed by atoms with Crippen LogP contribution in [0.3, 0.4) is 0 Å². The Kier molecular flexibility index (Phi) is 3.00. The minimum Gasteiger partial charge on any atom is -0.192 e. The first-order valence-electron chi connectivity index (χ1n) is 6.69. The molecule has 3 aromatic carbocycles. The number of benzene rings is 3. The molecule has 0 amide bonds. The molecule has 0 aliphatic rings. The van der Waals surface area contributed by atoms with Crippen LogP contribution in [-0.2, 0) is 0 Å². The van der Waals surface area contributed by atoms with E-state index in [0.717, 1.165) is 16.3 Å². The average Bonchev–Trinajstić information content (AvgIpc) is 2.46. The van der Waals surface area contributed by atoms with Gasteiger partial charge >= 0.3 is 0 Å². The summed E-state index contributed by atoms with van der Waals surface area (Å²) in [5.41, 5.74) is 5.74. The Morgan fingerprint density at radius 1 is 0.900 bits per heavy atom. The van der Waals surface area contributed by atoms with Crippen LogP contribution in [0.5, 0.6) is 0 Å². The Morgan fingerprint density at radius 2 is 1.75 bits per heavy atom. The number of nitrogens with zero attached hydrogens (tertiary/aromatic N) is 1. The van der Waals surface area contributed by atoms with E-state index in [2.05, 4.69) is 56.3 Å². The van der Waals surface area contributed by atoms with E-state index in [9.17, 15) is 0 Å². The van der Waals surface area contributed by atoms with Crippen LogP contribution in [-0.4, -0.2) is 0 Å². The van der Waals surface area contributed by atoms with Crippen LogP contribution in [0.1, 0.15) is 16.7 Å². The van der Waals surface area contributed by atoms with E-state index in [1.54, 1.807) is 0 Å². The van der Waals surface area contributed by atoms with Gasteiger partial charge in [0.1, 0.15) is 0 Å². The van der Waals surface area contributed by atoms with Crippen molar-refractivity contribution in [2.24, 2.45) is 0 Å². The van der Waals surface area contributed by atoms with Crippen molar-refractivity contribution in [2.45, 2.75) is 13.8 Å². The van der Waals surface area contributed by atoms with Crippen molar-refractivity contribution >= 4 is 10.8 Å². The maximum absolute atomic E-state index is 9.15. The monoisotopic (exact) mass is 257 g/mol. The second-order valence-corrected chi connectivity index (χ2v) is 5.17. The molecular formula is C19H15N. The lowest BCUT2D eigenvalue weighted by Crippen LogP contribution is -1.86. The standard InChI is InChI=1S/C19H15N/c1-13-6-8-18(14(2)10-13)16-7-9-19-15(11-16)4-3-5-17(19)12-20/h3-11H,1-2H3. The first kappa shape index (κ1) is 12.4. The lowest BCUT2D eigenvalue weighted by atomic mass is 9.95. The van der Waals surface area contributed by atoms with Crippen molar-refractivity contribution in [1.29, 1.82) is 5.26 Å². The molecule has 0 unspecified atom stereocenters. The minimum absolute atomic E-state index is 0.731. The zero-order valence-electron chi connectivity index (χ0n) is 11.6. The molecule has 0 atom stereocenters. The Morgan fingerprint density at radius 3 is 2.50 bits per heavy atom. The van der Waals surface area contributed by atoms with Crippen molar-refractivity contribution in [1.82, 2.24) is 0 Å². The molecule has 0 spiro atoms. The number of hydrogen-bond acceptors (Lipinski definition) is 1.